The second kappa shape index (κ2) is 6.16. The Bertz CT molecular complexity index is 1050. The number of hydrogen-bond acceptors (Lipinski definition) is 7. The maximum atomic E-state index is 12.0. The molecule has 0 radical (unpaired) electrons. The highest BCUT2D eigenvalue weighted by atomic mass is 16.5. The summed E-state index contributed by atoms with van der Waals surface area (Å²) in [6.07, 6.45) is 3.14. The number of rotatable bonds is 4. The quantitative estimate of drug-likeness (QED) is 0.564. The van der Waals surface area contributed by atoms with Crippen LogP contribution in [0.4, 0.5) is 0 Å². The summed E-state index contributed by atoms with van der Waals surface area (Å²) >= 11 is 0. The van der Waals surface area contributed by atoms with E-state index in [2.05, 4.69) is 20.1 Å². The molecule has 0 aliphatic carbocycles. The highest BCUT2D eigenvalue weighted by Gasteiger charge is 2.19. The fourth-order valence-corrected chi connectivity index (χ4v) is 2.41. The van der Waals surface area contributed by atoms with E-state index < -0.39 is 5.76 Å². The van der Waals surface area contributed by atoms with E-state index in [1.807, 2.05) is 30.3 Å². The Morgan fingerprint density at radius 3 is 2.60 bits per heavy atom. The Morgan fingerprint density at radius 2 is 1.84 bits per heavy atom. The molecule has 0 fully saturated rings. The van der Waals surface area contributed by atoms with Crippen LogP contribution in [0.1, 0.15) is 11.5 Å². The zero-order valence-corrected chi connectivity index (χ0v) is 13.3. The van der Waals surface area contributed by atoms with Crippen LogP contribution in [0.5, 0.6) is 0 Å². The zero-order chi connectivity index (χ0) is 17.2. The lowest BCUT2D eigenvalue weighted by Gasteiger charge is -2.01. The Kier molecular flexibility index (Phi) is 3.70. The molecule has 0 aliphatic rings. The first-order valence-electron chi connectivity index (χ1n) is 7.58. The fourth-order valence-electron chi connectivity index (χ4n) is 2.41. The smallest absolute Gasteiger partial charge is 0.441 e. The highest BCUT2D eigenvalue weighted by molar-refractivity contribution is 5.53. The van der Waals surface area contributed by atoms with Gasteiger partial charge in [0.15, 0.2) is 5.82 Å². The molecule has 0 amide bonds. The van der Waals surface area contributed by atoms with Crippen molar-refractivity contribution in [2.24, 2.45) is 0 Å². The molecule has 0 atom stereocenters. The van der Waals surface area contributed by atoms with Crippen molar-refractivity contribution in [1.29, 1.82) is 0 Å². The Hall–Kier alpha value is -3.55. The van der Waals surface area contributed by atoms with Gasteiger partial charge >= 0.3 is 5.76 Å². The van der Waals surface area contributed by atoms with Crippen LogP contribution in [0.15, 0.2) is 62.5 Å². The summed E-state index contributed by atoms with van der Waals surface area (Å²) in [6, 6.07) is 11.2. The molecule has 0 bridgehead atoms. The van der Waals surface area contributed by atoms with Gasteiger partial charge in [-0.05, 0) is 25.1 Å². The molecule has 3 aromatic heterocycles. The van der Waals surface area contributed by atoms with E-state index in [1.165, 1.54) is 4.57 Å². The van der Waals surface area contributed by atoms with Gasteiger partial charge in [0, 0.05) is 18.0 Å². The lowest BCUT2D eigenvalue weighted by atomic mass is 10.2. The SMILES string of the molecule is Cc1oc(-c2ccccc2)nc1Cn1c(-c2ncccn2)noc1=O. The second-order valence-corrected chi connectivity index (χ2v) is 5.32. The molecule has 3 heterocycles. The average molecular weight is 335 g/mol. The molecule has 0 N–H and O–H groups in total. The summed E-state index contributed by atoms with van der Waals surface area (Å²) in [5.41, 5.74) is 1.47. The molecular formula is C17H13N5O3. The number of aromatic nitrogens is 5. The minimum absolute atomic E-state index is 0.151. The zero-order valence-electron chi connectivity index (χ0n) is 13.3. The maximum Gasteiger partial charge on any atom is 0.442 e. The van der Waals surface area contributed by atoms with Gasteiger partial charge in [-0.25, -0.2) is 24.3 Å². The van der Waals surface area contributed by atoms with Crippen LogP contribution < -0.4 is 5.76 Å². The molecule has 4 aromatic rings. The summed E-state index contributed by atoms with van der Waals surface area (Å²) in [6.45, 7) is 1.95. The molecule has 0 saturated heterocycles. The van der Waals surface area contributed by atoms with Crippen molar-refractivity contribution in [2.75, 3.05) is 0 Å². The standard InChI is InChI=1S/C17H13N5O3/c1-11-13(20-16(24-11)12-6-3-2-4-7-12)10-22-15(21-25-17(22)23)14-18-8-5-9-19-14/h2-9H,10H2,1H3. The number of hydrogen-bond donors (Lipinski definition) is 0. The molecule has 0 unspecified atom stereocenters. The van der Waals surface area contributed by atoms with Crippen molar-refractivity contribution in [3.05, 3.63) is 70.8 Å². The summed E-state index contributed by atoms with van der Waals surface area (Å²) in [7, 11) is 0. The number of aryl methyl sites for hydroxylation is 1. The van der Waals surface area contributed by atoms with Crippen LogP contribution in [0.2, 0.25) is 0 Å². The molecule has 8 nitrogen and oxygen atoms in total. The van der Waals surface area contributed by atoms with Gasteiger partial charge in [-0.3, -0.25) is 4.52 Å². The topological polar surface area (TPSA) is 99.8 Å². The summed E-state index contributed by atoms with van der Waals surface area (Å²) < 4.78 is 11.8. The lowest BCUT2D eigenvalue weighted by Crippen LogP contribution is -2.17. The summed E-state index contributed by atoms with van der Waals surface area (Å²) in [5.74, 6) is 1.06. The first kappa shape index (κ1) is 15.0. The molecule has 124 valence electrons. The van der Waals surface area contributed by atoms with Gasteiger partial charge in [0.1, 0.15) is 11.5 Å². The minimum Gasteiger partial charge on any atom is -0.441 e. The molecular weight excluding hydrogens is 322 g/mol. The van der Waals surface area contributed by atoms with E-state index in [1.54, 1.807) is 25.4 Å². The molecule has 4 rings (SSSR count). The van der Waals surface area contributed by atoms with Crippen molar-refractivity contribution >= 4 is 0 Å². The predicted molar refractivity (Wildman–Crippen MR) is 87.6 cm³/mol. The number of benzene rings is 1. The van der Waals surface area contributed by atoms with E-state index in [4.69, 9.17) is 8.94 Å². The van der Waals surface area contributed by atoms with E-state index in [0.29, 0.717) is 23.2 Å². The van der Waals surface area contributed by atoms with Crippen LogP contribution in [0.25, 0.3) is 23.1 Å². The van der Waals surface area contributed by atoms with E-state index in [0.717, 1.165) is 5.56 Å². The van der Waals surface area contributed by atoms with Crippen molar-refractivity contribution in [3.8, 4) is 23.1 Å². The lowest BCUT2D eigenvalue weighted by molar-refractivity contribution is 0.377. The maximum absolute atomic E-state index is 12.0. The second-order valence-electron chi connectivity index (χ2n) is 5.32. The third kappa shape index (κ3) is 2.85. The molecule has 0 aliphatic heterocycles. The van der Waals surface area contributed by atoms with Crippen LogP contribution in [-0.4, -0.2) is 24.7 Å². The monoisotopic (exact) mass is 335 g/mol. The molecule has 1 aromatic carbocycles. The van der Waals surface area contributed by atoms with Crippen molar-refractivity contribution in [3.63, 3.8) is 0 Å². The highest BCUT2D eigenvalue weighted by Crippen LogP contribution is 2.22. The van der Waals surface area contributed by atoms with Crippen LogP contribution in [0.3, 0.4) is 0 Å². The van der Waals surface area contributed by atoms with E-state index in [9.17, 15) is 4.79 Å². The molecule has 0 spiro atoms. The van der Waals surface area contributed by atoms with Gasteiger partial charge in [0.2, 0.25) is 11.7 Å². The fraction of sp³-hybridized carbons (Fsp3) is 0.118. The third-order valence-electron chi connectivity index (χ3n) is 3.67. The Labute approximate surface area is 141 Å². The van der Waals surface area contributed by atoms with Crippen molar-refractivity contribution in [1.82, 2.24) is 24.7 Å². The van der Waals surface area contributed by atoms with Gasteiger partial charge in [-0.2, -0.15) is 0 Å². The molecule has 0 saturated carbocycles. The molecule has 25 heavy (non-hydrogen) atoms. The third-order valence-corrected chi connectivity index (χ3v) is 3.67. The minimum atomic E-state index is -0.605. The van der Waals surface area contributed by atoms with Gasteiger partial charge in [0.25, 0.3) is 0 Å². The number of oxazole rings is 1. The van der Waals surface area contributed by atoms with E-state index in [-0.39, 0.29) is 12.4 Å². The van der Waals surface area contributed by atoms with Gasteiger partial charge in [0.05, 0.1) is 6.54 Å². The Balaban J connectivity index is 1.72. The van der Waals surface area contributed by atoms with Crippen LogP contribution in [0, 0.1) is 6.92 Å². The predicted octanol–water partition coefficient (Wildman–Crippen LogP) is 2.31. The van der Waals surface area contributed by atoms with Crippen LogP contribution in [-0.2, 0) is 6.54 Å². The largest absolute Gasteiger partial charge is 0.442 e. The van der Waals surface area contributed by atoms with Crippen LogP contribution >= 0.6 is 0 Å². The van der Waals surface area contributed by atoms with Gasteiger partial charge < -0.3 is 4.42 Å². The normalized spacial score (nSPS) is 10.9. The van der Waals surface area contributed by atoms with Gasteiger partial charge in [-0.15, -0.1) is 0 Å². The average Bonchev–Trinajstić information content (AvgIpc) is 3.20. The van der Waals surface area contributed by atoms with Crippen molar-refractivity contribution in [2.45, 2.75) is 13.5 Å². The molecule has 8 heteroatoms. The summed E-state index contributed by atoms with van der Waals surface area (Å²) in [5, 5.41) is 3.77. The first-order valence-corrected chi connectivity index (χ1v) is 7.58. The summed E-state index contributed by atoms with van der Waals surface area (Å²) in [4.78, 5) is 24.7. The first-order chi connectivity index (χ1) is 12.2. The van der Waals surface area contributed by atoms with Gasteiger partial charge in [-0.1, -0.05) is 23.4 Å². The van der Waals surface area contributed by atoms with E-state index >= 15 is 0 Å². The number of nitrogens with zero attached hydrogens (tertiary/aromatic N) is 5. The van der Waals surface area contributed by atoms with Crippen molar-refractivity contribution < 1.29 is 8.94 Å². The Morgan fingerprint density at radius 1 is 1.08 bits per heavy atom.